The summed E-state index contributed by atoms with van der Waals surface area (Å²) >= 11 is 0. The minimum absolute atomic E-state index is 0.0298. The van der Waals surface area contributed by atoms with Gasteiger partial charge in [-0.2, -0.15) is 5.10 Å². The molecule has 11 nitrogen and oxygen atoms in total. The van der Waals surface area contributed by atoms with Crippen molar-refractivity contribution in [3.05, 3.63) is 67.8 Å². The molecule has 0 atom stereocenters. The van der Waals surface area contributed by atoms with Gasteiger partial charge in [0.2, 0.25) is 5.75 Å². The number of carbonyl (C=O) groups excluding carboxylic acids is 1. The van der Waals surface area contributed by atoms with Crippen LogP contribution in [0.15, 0.2) is 41.5 Å². The summed E-state index contributed by atoms with van der Waals surface area (Å²) < 4.78 is 0. The van der Waals surface area contributed by atoms with Gasteiger partial charge in [0.1, 0.15) is 5.75 Å². The van der Waals surface area contributed by atoms with Crippen LogP contribution in [0.3, 0.4) is 0 Å². The molecule has 25 heavy (non-hydrogen) atoms. The van der Waals surface area contributed by atoms with Gasteiger partial charge in [-0.1, -0.05) is 6.07 Å². The number of non-ortho nitro benzene ring substituents is 1. The smallest absolute Gasteiger partial charge is 0.311 e. The number of hydrogen-bond acceptors (Lipinski definition) is 8. The van der Waals surface area contributed by atoms with Crippen molar-refractivity contribution >= 4 is 23.5 Å². The number of carbonyl (C=O) groups is 1. The van der Waals surface area contributed by atoms with Gasteiger partial charge in [0, 0.05) is 23.8 Å². The number of rotatable bonds is 5. The lowest BCUT2D eigenvalue weighted by molar-refractivity contribution is -0.385. The summed E-state index contributed by atoms with van der Waals surface area (Å²) in [5.41, 5.74) is 0.652. The minimum atomic E-state index is -0.942. The zero-order chi connectivity index (χ0) is 18.6. The monoisotopic (exact) mass is 346 g/mol. The molecule has 0 fully saturated rings. The highest BCUT2D eigenvalue weighted by atomic mass is 16.6. The average Bonchev–Trinajstić information content (AvgIpc) is 2.56. The first-order chi connectivity index (χ1) is 11.8. The van der Waals surface area contributed by atoms with Crippen LogP contribution >= 0.6 is 0 Å². The quantitative estimate of drug-likeness (QED) is 0.420. The van der Waals surface area contributed by atoms with Gasteiger partial charge in [0.25, 0.3) is 11.6 Å². The van der Waals surface area contributed by atoms with E-state index >= 15 is 0 Å². The van der Waals surface area contributed by atoms with E-state index in [0.29, 0.717) is 0 Å². The van der Waals surface area contributed by atoms with Gasteiger partial charge in [0.05, 0.1) is 21.6 Å². The lowest BCUT2D eigenvalue weighted by Crippen LogP contribution is -2.18. The molecule has 0 aromatic heterocycles. The highest BCUT2D eigenvalue weighted by molar-refractivity contribution is 5.98. The van der Waals surface area contributed by atoms with Gasteiger partial charge < -0.3 is 10.2 Å². The molecule has 2 aromatic carbocycles. The fraction of sp³-hybridized carbons (Fsp3) is 0. The van der Waals surface area contributed by atoms with Crippen molar-refractivity contribution in [2.24, 2.45) is 5.10 Å². The van der Waals surface area contributed by atoms with Crippen LogP contribution < -0.4 is 5.43 Å². The first-order valence-electron chi connectivity index (χ1n) is 6.58. The third kappa shape index (κ3) is 3.85. The number of amides is 1. The Morgan fingerprint density at radius 2 is 1.84 bits per heavy atom. The van der Waals surface area contributed by atoms with E-state index in [9.17, 15) is 35.2 Å². The Bertz CT molecular complexity index is 895. The second-order valence-corrected chi connectivity index (χ2v) is 4.63. The predicted molar refractivity (Wildman–Crippen MR) is 84.6 cm³/mol. The SMILES string of the molecule is O=C(N/N=C\c1cc([N+](=O)[O-])ccc1O)c1cccc([N+](=O)[O-])c1O. The Labute approximate surface area is 139 Å². The lowest BCUT2D eigenvalue weighted by atomic mass is 10.1. The van der Waals surface area contributed by atoms with Crippen molar-refractivity contribution in [1.29, 1.82) is 0 Å². The van der Waals surface area contributed by atoms with Crippen LogP contribution in [0.4, 0.5) is 11.4 Å². The standard InChI is InChI=1S/C14H10N4O7/c19-12-5-4-9(17(22)23)6-8(12)7-15-16-14(21)10-2-1-3-11(13(10)20)18(24)25/h1-7,19-20H,(H,16,21)/b15-7-. The molecule has 1 amide bonds. The van der Waals surface area contributed by atoms with E-state index in [4.69, 9.17) is 0 Å². The molecule has 0 saturated carbocycles. The predicted octanol–water partition coefficient (Wildman–Crippen LogP) is 1.68. The van der Waals surface area contributed by atoms with Crippen LogP contribution in [0.1, 0.15) is 15.9 Å². The van der Waals surface area contributed by atoms with Crippen LogP contribution in [0.25, 0.3) is 0 Å². The molecular formula is C14H10N4O7. The number of phenolic OH excluding ortho intramolecular Hbond substituents is 2. The number of aromatic hydroxyl groups is 2. The van der Waals surface area contributed by atoms with Gasteiger partial charge in [-0.25, -0.2) is 5.43 Å². The molecular weight excluding hydrogens is 336 g/mol. The number of nitro groups is 2. The zero-order valence-corrected chi connectivity index (χ0v) is 12.3. The van der Waals surface area contributed by atoms with Gasteiger partial charge in [0.15, 0.2) is 0 Å². The van der Waals surface area contributed by atoms with Crippen molar-refractivity contribution in [2.75, 3.05) is 0 Å². The molecule has 0 spiro atoms. The maximum absolute atomic E-state index is 11.9. The molecule has 128 valence electrons. The summed E-state index contributed by atoms with van der Waals surface area (Å²) in [7, 11) is 0. The van der Waals surface area contributed by atoms with Crippen LogP contribution in [0.2, 0.25) is 0 Å². The molecule has 2 aromatic rings. The largest absolute Gasteiger partial charge is 0.507 e. The molecule has 0 bridgehead atoms. The second kappa shape index (κ2) is 7.04. The lowest BCUT2D eigenvalue weighted by Gasteiger charge is -2.03. The first kappa shape index (κ1) is 17.3. The molecule has 0 radical (unpaired) electrons. The molecule has 0 aliphatic heterocycles. The topological polar surface area (TPSA) is 168 Å². The number of hydrogen-bond donors (Lipinski definition) is 3. The average molecular weight is 346 g/mol. The van der Waals surface area contributed by atoms with Gasteiger partial charge in [-0.15, -0.1) is 0 Å². The Morgan fingerprint density at radius 3 is 2.48 bits per heavy atom. The van der Waals surface area contributed by atoms with E-state index in [0.717, 1.165) is 36.5 Å². The maximum Gasteiger partial charge on any atom is 0.311 e. The number of para-hydroxylation sites is 1. The van der Waals surface area contributed by atoms with E-state index in [1.165, 1.54) is 6.07 Å². The Morgan fingerprint density at radius 1 is 1.12 bits per heavy atom. The first-order valence-corrected chi connectivity index (χ1v) is 6.58. The normalized spacial score (nSPS) is 10.6. The van der Waals surface area contributed by atoms with Gasteiger partial charge in [-0.05, 0) is 12.1 Å². The molecule has 0 aliphatic rings. The fourth-order valence-corrected chi connectivity index (χ4v) is 1.84. The van der Waals surface area contributed by atoms with Crippen molar-refractivity contribution in [2.45, 2.75) is 0 Å². The summed E-state index contributed by atoms with van der Waals surface area (Å²) in [5, 5.41) is 44.2. The third-order valence-corrected chi connectivity index (χ3v) is 3.05. The summed E-state index contributed by atoms with van der Waals surface area (Å²) in [4.78, 5) is 31.8. The van der Waals surface area contributed by atoms with E-state index in [-0.39, 0.29) is 22.6 Å². The van der Waals surface area contributed by atoms with Crippen LogP contribution in [0.5, 0.6) is 11.5 Å². The van der Waals surface area contributed by atoms with Crippen molar-refractivity contribution in [1.82, 2.24) is 5.43 Å². The molecule has 0 saturated heterocycles. The van der Waals surface area contributed by atoms with E-state index < -0.39 is 27.2 Å². The number of phenols is 2. The second-order valence-electron chi connectivity index (χ2n) is 4.63. The van der Waals surface area contributed by atoms with E-state index in [2.05, 4.69) is 5.10 Å². The van der Waals surface area contributed by atoms with Crippen molar-refractivity contribution in [3.8, 4) is 11.5 Å². The van der Waals surface area contributed by atoms with Crippen LogP contribution in [-0.2, 0) is 0 Å². The Kier molecular flexibility index (Phi) is 4.88. The molecule has 2 rings (SSSR count). The van der Waals surface area contributed by atoms with Crippen molar-refractivity contribution in [3.63, 3.8) is 0 Å². The zero-order valence-electron chi connectivity index (χ0n) is 12.3. The Hall–Kier alpha value is -4.02. The molecule has 11 heteroatoms. The number of hydrazone groups is 1. The fourth-order valence-electron chi connectivity index (χ4n) is 1.84. The Balaban J connectivity index is 2.19. The summed E-state index contributed by atoms with van der Waals surface area (Å²) in [6, 6.07) is 6.60. The van der Waals surface area contributed by atoms with Gasteiger partial charge in [-0.3, -0.25) is 25.0 Å². The maximum atomic E-state index is 11.9. The number of benzene rings is 2. The van der Waals surface area contributed by atoms with Gasteiger partial charge >= 0.3 is 5.69 Å². The number of nitrogens with one attached hydrogen (secondary N) is 1. The summed E-state index contributed by atoms with van der Waals surface area (Å²) in [5.74, 6) is -2.07. The number of nitro benzene ring substituents is 2. The van der Waals surface area contributed by atoms with Crippen molar-refractivity contribution < 1.29 is 24.9 Å². The highest BCUT2D eigenvalue weighted by Crippen LogP contribution is 2.29. The highest BCUT2D eigenvalue weighted by Gasteiger charge is 2.20. The molecule has 0 unspecified atom stereocenters. The summed E-state index contributed by atoms with van der Waals surface area (Å²) in [6.45, 7) is 0. The van der Waals surface area contributed by atoms with Crippen LogP contribution in [0, 0.1) is 20.2 Å². The molecule has 0 aliphatic carbocycles. The minimum Gasteiger partial charge on any atom is -0.507 e. The van der Waals surface area contributed by atoms with E-state index in [1.807, 2.05) is 5.43 Å². The number of nitrogens with zero attached hydrogens (tertiary/aromatic N) is 3. The van der Waals surface area contributed by atoms with E-state index in [1.54, 1.807) is 0 Å². The molecule has 0 heterocycles. The third-order valence-electron chi connectivity index (χ3n) is 3.05. The summed E-state index contributed by atoms with van der Waals surface area (Å²) in [6.07, 6.45) is 0.953. The molecule has 3 N–H and O–H groups in total. The van der Waals surface area contributed by atoms with Crippen LogP contribution in [-0.4, -0.2) is 32.2 Å².